The number of nitrogens with zero attached hydrogens (tertiary/aromatic N) is 3. The molecule has 1 saturated carbocycles. The molecule has 2 N–H and O–H groups in total. The predicted octanol–water partition coefficient (Wildman–Crippen LogP) is 2.08. The van der Waals surface area contributed by atoms with Crippen molar-refractivity contribution in [3.8, 4) is 11.3 Å². The Bertz CT molecular complexity index is 661. The van der Waals surface area contributed by atoms with Crippen LogP contribution in [0.5, 0.6) is 0 Å². The van der Waals surface area contributed by atoms with E-state index in [0.29, 0.717) is 12.0 Å². The van der Waals surface area contributed by atoms with Crippen LogP contribution < -0.4 is 4.90 Å². The first-order valence-electron chi connectivity index (χ1n) is 6.55. The molecule has 2 aromatic heterocycles. The number of rotatable bonds is 4. The molecule has 2 aromatic rings. The monoisotopic (exact) mass is 272 g/mol. The third-order valence-electron chi connectivity index (χ3n) is 3.56. The van der Waals surface area contributed by atoms with Crippen LogP contribution in [0.1, 0.15) is 28.9 Å². The second-order valence-corrected chi connectivity index (χ2v) is 5.15. The van der Waals surface area contributed by atoms with Crippen LogP contribution in [0.2, 0.25) is 0 Å². The molecule has 1 aliphatic carbocycles. The van der Waals surface area contributed by atoms with Crippen molar-refractivity contribution < 1.29 is 9.90 Å². The Morgan fingerprint density at radius 3 is 2.85 bits per heavy atom. The topological polar surface area (TPSA) is 82.1 Å². The van der Waals surface area contributed by atoms with E-state index in [0.717, 1.165) is 16.8 Å². The first-order valence-corrected chi connectivity index (χ1v) is 6.55. The molecule has 6 nitrogen and oxygen atoms in total. The largest absolute Gasteiger partial charge is 0.477 e. The normalized spacial score (nSPS) is 14.3. The number of anilines is 1. The number of aryl methyl sites for hydroxylation is 1. The summed E-state index contributed by atoms with van der Waals surface area (Å²) in [5.74, 6) is -0.288. The van der Waals surface area contributed by atoms with Gasteiger partial charge in [0.05, 0.1) is 5.69 Å². The van der Waals surface area contributed by atoms with E-state index in [1.807, 2.05) is 14.0 Å². The molecule has 104 valence electrons. The maximum atomic E-state index is 10.9. The number of carboxylic acid groups (broad SMARTS) is 1. The molecule has 0 aliphatic heterocycles. The van der Waals surface area contributed by atoms with Crippen molar-refractivity contribution in [1.29, 1.82) is 0 Å². The molecule has 1 aliphatic rings. The zero-order valence-electron chi connectivity index (χ0n) is 11.4. The van der Waals surface area contributed by atoms with Gasteiger partial charge in [0.15, 0.2) is 0 Å². The zero-order valence-corrected chi connectivity index (χ0v) is 11.4. The van der Waals surface area contributed by atoms with Gasteiger partial charge in [0.2, 0.25) is 5.95 Å². The van der Waals surface area contributed by atoms with Crippen molar-refractivity contribution in [2.24, 2.45) is 0 Å². The van der Waals surface area contributed by atoms with Crippen LogP contribution in [-0.2, 0) is 0 Å². The lowest BCUT2D eigenvalue weighted by Gasteiger charge is -2.17. The standard InChI is InChI=1S/C14H16N4O2/c1-8-6-16-14(18(2)10-3-4-10)17-12(8)9-5-11(13(19)20)15-7-9/h5-7,10,15H,3-4H2,1-2H3,(H,19,20). The van der Waals surface area contributed by atoms with E-state index in [9.17, 15) is 4.79 Å². The summed E-state index contributed by atoms with van der Waals surface area (Å²) in [5, 5.41) is 8.97. The highest BCUT2D eigenvalue weighted by molar-refractivity contribution is 5.87. The molecule has 2 heterocycles. The predicted molar refractivity (Wildman–Crippen MR) is 74.9 cm³/mol. The molecule has 0 unspecified atom stereocenters. The number of H-pyrrole nitrogens is 1. The lowest BCUT2D eigenvalue weighted by molar-refractivity contribution is 0.0691. The molecule has 0 radical (unpaired) electrons. The Morgan fingerprint density at radius 2 is 2.25 bits per heavy atom. The highest BCUT2D eigenvalue weighted by atomic mass is 16.4. The third-order valence-corrected chi connectivity index (χ3v) is 3.56. The first kappa shape index (κ1) is 12.7. The molecule has 0 saturated heterocycles. The fourth-order valence-corrected chi connectivity index (χ4v) is 2.17. The molecular weight excluding hydrogens is 256 g/mol. The van der Waals surface area contributed by atoms with E-state index in [2.05, 4.69) is 19.9 Å². The number of hydrogen-bond donors (Lipinski definition) is 2. The van der Waals surface area contributed by atoms with Crippen LogP contribution >= 0.6 is 0 Å². The lowest BCUT2D eigenvalue weighted by Crippen LogP contribution is -2.22. The summed E-state index contributed by atoms with van der Waals surface area (Å²) in [6.07, 6.45) is 5.80. The molecule has 0 amide bonds. The van der Waals surface area contributed by atoms with Gasteiger partial charge < -0.3 is 15.0 Å². The van der Waals surface area contributed by atoms with Crippen molar-refractivity contribution in [2.45, 2.75) is 25.8 Å². The average molecular weight is 272 g/mol. The van der Waals surface area contributed by atoms with Gasteiger partial charge in [0.1, 0.15) is 5.69 Å². The van der Waals surface area contributed by atoms with Crippen LogP contribution in [-0.4, -0.2) is 39.1 Å². The fourth-order valence-electron chi connectivity index (χ4n) is 2.17. The summed E-state index contributed by atoms with van der Waals surface area (Å²) < 4.78 is 0. The summed E-state index contributed by atoms with van der Waals surface area (Å²) in [7, 11) is 1.99. The Morgan fingerprint density at radius 1 is 1.50 bits per heavy atom. The number of aromatic amines is 1. The van der Waals surface area contributed by atoms with Crippen molar-refractivity contribution in [3.63, 3.8) is 0 Å². The van der Waals surface area contributed by atoms with Crippen molar-refractivity contribution >= 4 is 11.9 Å². The number of nitrogens with one attached hydrogen (secondary N) is 1. The van der Waals surface area contributed by atoms with E-state index >= 15 is 0 Å². The van der Waals surface area contributed by atoms with E-state index in [4.69, 9.17) is 5.11 Å². The smallest absolute Gasteiger partial charge is 0.352 e. The van der Waals surface area contributed by atoms with Gasteiger partial charge in [-0.1, -0.05) is 0 Å². The summed E-state index contributed by atoms with van der Waals surface area (Å²) in [4.78, 5) is 24.7. The molecular formula is C14H16N4O2. The van der Waals surface area contributed by atoms with Crippen LogP contribution in [0.4, 0.5) is 5.95 Å². The SMILES string of the molecule is Cc1cnc(N(C)C2CC2)nc1-c1c[nH]c(C(=O)O)c1. The van der Waals surface area contributed by atoms with Gasteiger partial charge in [-0.2, -0.15) is 0 Å². The van der Waals surface area contributed by atoms with Crippen LogP contribution in [0.15, 0.2) is 18.5 Å². The second kappa shape index (κ2) is 4.63. The van der Waals surface area contributed by atoms with Gasteiger partial charge >= 0.3 is 5.97 Å². The Labute approximate surface area is 116 Å². The minimum atomic E-state index is -0.974. The van der Waals surface area contributed by atoms with Gasteiger partial charge in [-0.05, 0) is 31.4 Å². The molecule has 3 rings (SSSR count). The minimum Gasteiger partial charge on any atom is -0.477 e. The fraction of sp³-hybridized carbons (Fsp3) is 0.357. The quantitative estimate of drug-likeness (QED) is 0.890. The summed E-state index contributed by atoms with van der Waals surface area (Å²) >= 11 is 0. The van der Waals surface area contributed by atoms with Crippen LogP contribution in [0.3, 0.4) is 0 Å². The van der Waals surface area contributed by atoms with Gasteiger partial charge in [-0.25, -0.2) is 14.8 Å². The highest BCUT2D eigenvalue weighted by Gasteiger charge is 2.28. The number of aromatic carboxylic acids is 1. The molecule has 6 heteroatoms. The Hall–Kier alpha value is -2.37. The number of carbonyl (C=O) groups is 1. The van der Waals surface area contributed by atoms with Crippen molar-refractivity contribution in [2.75, 3.05) is 11.9 Å². The number of hydrogen-bond acceptors (Lipinski definition) is 4. The summed E-state index contributed by atoms with van der Waals surface area (Å²) in [6, 6.07) is 2.13. The molecule has 0 spiro atoms. The Kier molecular flexibility index (Phi) is 2.93. The van der Waals surface area contributed by atoms with Crippen molar-refractivity contribution in [1.82, 2.24) is 15.0 Å². The van der Waals surface area contributed by atoms with Gasteiger partial charge in [-0.3, -0.25) is 0 Å². The minimum absolute atomic E-state index is 0.162. The van der Waals surface area contributed by atoms with Gasteiger partial charge in [-0.15, -0.1) is 0 Å². The van der Waals surface area contributed by atoms with Crippen molar-refractivity contribution in [3.05, 3.63) is 29.7 Å². The molecule has 0 atom stereocenters. The second-order valence-electron chi connectivity index (χ2n) is 5.15. The summed E-state index contributed by atoms with van der Waals surface area (Å²) in [5.41, 5.74) is 2.63. The first-order chi connectivity index (χ1) is 9.56. The van der Waals surface area contributed by atoms with Crippen LogP contribution in [0, 0.1) is 6.92 Å². The maximum Gasteiger partial charge on any atom is 0.352 e. The molecule has 20 heavy (non-hydrogen) atoms. The van der Waals surface area contributed by atoms with E-state index in [-0.39, 0.29) is 5.69 Å². The van der Waals surface area contributed by atoms with Gasteiger partial charge in [0, 0.05) is 31.0 Å². The van der Waals surface area contributed by atoms with E-state index < -0.39 is 5.97 Å². The third kappa shape index (κ3) is 2.24. The molecule has 1 fully saturated rings. The van der Waals surface area contributed by atoms with Gasteiger partial charge in [0.25, 0.3) is 0 Å². The van der Waals surface area contributed by atoms with E-state index in [1.54, 1.807) is 18.5 Å². The average Bonchev–Trinajstić information content (AvgIpc) is 3.15. The molecule has 0 aromatic carbocycles. The lowest BCUT2D eigenvalue weighted by atomic mass is 10.1. The zero-order chi connectivity index (χ0) is 14.3. The maximum absolute atomic E-state index is 10.9. The Balaban J connectivity index is 1.98. The summed E-state index contributed by atoms with van der Waals surface area (Å²) in [6.45, 7) is 1.92. The number of aromatic nitrogens is 3. The highest BCUT2D eigenvalue weighted by Crippen LogP contribution is 2.30. The molecule has 0 bridgehead atoms. The van der Waals surface area contributed by atoms with E-state index in [1.165, 1.54) is 12.8 Å². The number of carboxylic acids is 1. The van der Waals surface area contributed by atoms with Crippen LogP contribution in [0.25, 0.3) is 11.3 Å².